The van der Waals surface area contributed by atoms with Crippen molar-refractivity contribution in [3.8, 4) is 22.8 Å². The highest BCUT2D eigenvalue weighted by Crippen LogP contribution is 2.33. The van der Waals surface area contributed by atoms with Gasteiger partial charge in [0.2, 0.25) is 5.88 Å². The van der Waals surface area contributed by atoms with E-state index in [0.29, 0.717) is 23.6 Å². The zero-order valence-electron chi connectivity index (χ0n) is 13.2. The molecule has 3 rings (SSSR count). The van der Waals surface area contributed by atoms with Gasteiger partial charge in [-0.05, 0) is 42.0 Å². The third-order valence-corrected chi connectivity index (χ3v) is 3.64. The van der Waals surface area contributed by atoms with Gasteiger partial charge in [-0.2, -0.15) is 0 Å². The Bertz CT molecular complexity index is 860. The molecule has 3 aromatic rings. The summed E-state index contributed by atoms with van der Waals surface area (Å²) in [6, 6.07) is 16.8. The first kappa shape index (κ1) is 15.9. The van der Waals surface area contributed by atoms with Gasteiger partial charge in [-0.15, -0.1) is 0 Å². The van der Waals surface area contributed by atoms with Gasteiger partial charge in [0.15, 0.2) is 5.78 Å². The van der Waals surface area contributed by atoms with Crippen LogP contribution in [0.15, 0.2) is 66.9 Å². The Kier molecular flexibility index (Phi) is 4.66. The Balaban J connectivity index is 2.04. The Morgan fingerprint density at radius 1 is 1.00 bits per heavy atom. The van der Waals surface area contributed by atoms with Crippen molar-refractivity contribution in [2.24, 2.45) is 0 Å². The van der Waals surface area contributed by atoms with Crippen molar-refractivity contribution in [2.45, 2.75) is 13.3 Å². The maximum Gasteiger partial charge on any atom is 0.227 e. The molecule has 0 unspecified atom stereocenters. The van der Waals surface area contributed by atoms with Crippen molar-refractivity contribution in [3.63, 3.8) is 0 Å². The number of benzene rings is 2. The van der Waals surface area contributed by atoms with Gasteiger partial charge in [0, 0.05) is 23.7 Å². The summed E-state index contributed by atoms with van der Waals surface area (Å²) in [7, 11) is 0. The zero-order chi connectivity index (χ0) is 16.9. The predicted octanol–water partition coefficient (Wildman–Crippen LogP) is 5.27. The fourth-order valence-corrected chi connectivity index (χ4v) is 2.44. The summed E-state index contributed by atoms with van der Waals surface area (Å²) < 4.78 is 18.8. The van der Waals surface area contributed by atoms with Gasteiger partial charge in [0.25, 0.3) is 0 Å². The molecule has 1 heterocycles. The lowest BCUT2D eigenvalue weighted by molar-refractivity contribution is 0.0989. The summed E-state index contributed by atoms with van der Waals surface area (Å²) in [5, 5.41) is 0. The maximum absolute atomic E-state index is 13.0. The molecule has 120 valence electrons. The monoisotopic (exact) mass is 321 g/mol. The molecule has 0 radical (unpaired) electrons. The number of hydrogen-bond donors (Lipinski definition) is 0. The van der Waals surface area contributed by atoms with E-state index in [2.05, 4.69) is 4.98 Å². The molecule has 0 amide bonds. The summed E-state index contributed by atoms with van der Waals surface area (Å²) in [5.41, 5.74) is 2.13. The van der Waals surface area contributed by atoms with Gasteiger partial charge in [-0.3, -0.25) is 4.79 Å². The second kappa shape index (κ2) is 7.04. The van der Waals surface area contributed by atoms with Crippen molar-refractivity contribution in [1.82, 2.24) is 4.98 Å². The van der Waals surface area contributed by atoms with Gasteiger partial charge in [-0.25, -0.2) is 9.37 Å². The third-order valence-electron chi connectivity index (χ3n) is 3.64. The van der Waals surface area contributed by atoms with Gasteiger partial charge < -0.3 is 4.74 Å². The Hall–Kier alpha value is -3.01. The molecule has 2 aromatic carbocycles. The maximum atomic E-state index is 13.0. The van der Waals surface area contributed by atoms with Crippen molar-refractivity contribution >= 4 is 5.78 Å². The number of rotatable bonds is 5. The molecule has 0 saturated carbocycles. The Morgan fingerprint density at radius 2 is 1.71 bits per heavy atom. The molecule has 0 bridgehead atoms. The van der Waals surface area contributed by atoms with Crippen molar-refractivity contribution in [2.75, 3.05) is 0 Å². The highest BCUT2D eigenvalue weighted by atomic mass is 19.1. The molecule has 0 aliphatic rings. The number of nitrogens with zero attached hydrogens (tertiary/aromatic N) is 1. The molecule has 0 aliphatic heterocycles. The van der Waals surface area contributed by atoms with Crippen LogP contribution in [0.3, 0.4) is 0 Å². The quantitative estimate of drug-likeness (QED) is 0.601. The summed E-state index contributed by atoms with van der Waals surface area (Å²) in [5.74, 6) is 0.584. The molecular weight excluding hydrogens is 305 g/mol. The molecule has 0 spiro atoms. The lowest BCUT2D eigenvalue weighted by Gasteiger charge is -2.12. The van der Waals surface area contributed by atoms with E-state index in [0.717, 1.165) is 11.1 Å². The van der Waals surface area contributed by atoms with Crippen LogP contribution in [0.5, 0.6) is 11.6 Å². The minimum atomic E-state index is -0.331. The van der Waals surface area contributed by atoms with Crippen molar-refractivity contribution in [1.29, 1.82) is 0 Å². The number of ether oxygens (including phenoxy) is 1. The van der Waals surface area contributed by atoms with E-state index in [9.17, 15) is 9.18 Å². The number of halogens is 1. The second-order valence-electron chi connectivity index (χ2n) is 5.23. The van der Waals surface area contributed by atoms with E-state index in [-0.39, 0.29) is 11.6 Å². The van der Waals surface area contributed by atoms with E-state index in [1.807, 2.05) is 31.2 Å². The van der Waals surface area contributed by atoms with Gasteiger partial charge in [0.1, 0.15) is 11.6 Å². The van der Waals surface area contributed by atoms with Crippen LogP contribution in [0, 0.1) is 5.82 Å². The predicted molar refractivity (Wildman–Crippen MR) is 90.8 cm³/mol. The average Bonchev–Trinajstić information content (AvgIpc) is 2.63. The first-order valence-corrected chi connectivity index (χ1v) is 7.70. The van der Waals surface area contributed by atoms with Crippen LogP contribution in [-0.2, 0) is 0 Å². The SMILES string of the molecule is CCC(=O)c1ccccc1-c1cccnc1Oc1ccc(F)cc1. The lowest BCUT2D eigenvalue weighted by Crippen LogP contribution is -2.01. The number of ketones is 1. The minimum Gasteiger partial charge on any atom is -0.438 e. The second-order valence-corrected chi connectivity index (χ2v) is 5.23. The average molecular weight is 321 g/mol. The summed E-state index contributed by atoms with van der Waals surface area (Å²) in [4.78, 5) is 16.5. The molecule has 3 nitrogen and oxygen atoms in total. The molecule has 0 fully saturated rings. The topological polar surface area (TPSA) is 39.2 Å². The molecule has 4 heteroatoms. The number of aromatic nitrogens is 1. The molecule has 1 aromatic heterocycles. The van der Waals surface area contributed by atoms with E-state index in [4.69, 9.17) is 4.74 Å². The first-order chi connectivity index (χ1) is 11.7. The van der Waals surface area contributed by atoms with Crippen LogP contribution in [0.25, 0.3) is 11.1 Å². The highest BCUT2D eigenvalue weighted by molar-refractivity contribution is 6.02. The summed E-state index contributed by atoms with van der Waals surface area (Å²) in [6.07, 6.45) is 2.04. The summed E-state index contributed by atoms with van der Waals surface area (Å²) in [6.45, 7) is 1.83. The van der Waals surface area contributed by atoms with Gasteiger partial charge in [0.05, 0.1) is 0 Å². The smallest absolute Gasteiger partial charge is 0.227 e. The van der Waals surface area contributed by atoms with E-state index >= 15 is 0 Å². The van der Waals surface area contributed by atoms with Crippen molar-refractivity contribution < 1.29 is 13.9 Å². The number of pyridine rings is 1. The van der Waals surface area contributed by atoms with E-state index < -0.39 is 0 Å². The third kappa shape index (κ3) is 3.33. The van der Waals surface area contributed by atoms with Gasteiger partial charge >= 0.3 is 0 Å². The molecule has 24 heavy (non-hydrogen) atoms. The van der Waals surface area contributed by atoms with E-state index in [1.165, 1.54) is 24.3 Å². The molecule has 0 atom stereocenters. The van der Waals surface area contributed by atoms with Crippen LogP contribution < -0.4 is 4.74 Å². The molecule has 0 N–H and O–H groups in total. The largest absolute Gasteiger partial charge is 0.438 e. The summed E-state index contributed by atoms with van der Waals surface area (Å²) >= 11 is 0. The number of Topliss-reactive ketones (excluding diaryl/α,β-unsaturated/α-hetero) is 1. The van der Waals surface area contributed by atoms with Crippen LogP contribution in [-0.4, -0.2) is 10.8 Å². The minimum absolute atomic E-state index is 0.0576. The van der Waals surface area contributed by atoms with Gasteiger partial charge in [-0.1, -0.05) is 31.2 Å². The van der Waals surface area contributed by atoms with Crippen LogP contribution in [0.1, 0.15) is 23.7 Å². The van der Waals surface area contributed by atoms with Crippen LogP contribution >= 0.6 is 0 Å². The fraction of sp³-hybridized carbons (Fsp3) is 0.100. The molecule has 0 aliphatic carbocycles. The zero-order valence-corrected chi connectivity index (χ0v) is 13.2. The van der Waals surface area contributed by atoms with Crippen LogP contribution in [0.4, 0.5) is 4.39 Å². The van der Waals surface area contributed by atoms with E-state index in [1.54, 1.807) is 18.3 Å². The first-order valence-electron chi connectivity index (χ1n) is 7.70. The Morgan fingerprint density at radius 3 is 2.46 bits per heavy atom. The normalized spacial score (nSPS) is 10.4. The lowest BCUT2D eigenvalue weighted by atomic mass is 9.97. The fourth-order valence-electron chi connectivity index (χ4n) is 2.44. The highest BCUT2D eigenvalue weighted by Gasteiger charge is 2.15. The molecular formula is C20H16FNO2. The van der Waals surface area contributed by atoms with Crippen molar-refractivity contribution in [3.05, 3.63) is 78.2 Å². The number of carbonyl (C=O) groups excluding carboxylic acids is 1. The standard InChI is InChI=1S/C20H16FNO2/c1-2-19(23)17-7-4-3-6-16(17)18-8-5-13-22-20(18)24-15-11-9-14(21)10-12-15/h3-13H,2H2,1H3. The number of hydrogen-bond acceptors (Lipinski definition) is 3. The number of carbonyl (C=O) groups is 1. The molecule has 0 saturated heterocycles. The van der Waals surface area contributed by atoms with Crippen LogP contribution in [0.2, 0.25) is 0 Å². The Labute approximate surface area is 139 Å².